The fraction of sp³-hybridized carbons (Fsp3) is 0.750. The molecule has 0 bridgehead atoms. The fourth-order valence-corrected chi connectivity index (χ4v) is 2.25. The van der Waals surface area contributed by atoms with Crippen molar-refractivity contribution in [2.45, 2.75) is 51.9 Å². The lowest BCUT2D eigenvalue weighted by molar-refractivity contribution is -0.142. The summed E-state index contributed by atoms with van der Waals surface area (Å²) in [6, 6.07) is -4.43. The Labute approximate surface area is 164 Å². The number of carboxylic acids is 1. The molecule has 0 aromatic heterocycles. The Kier molecular flexibility index (Phi) is 11.0. The van der Waals surface area contributed by atoms with Gasteiger partial charge in [-0.15, -0.1) is 0 Å². The van der Waals surface area contributed by atoms with Gasteiger partial charge in [0.05, 0.1) is 12.6 Å². The van der Waals surface area contributed by atoms with Crippen LogP contribution in [0.2, 0.25) is 0 Å². The summed E-state index contributed by atoms with van der Waals surface area (Å²) >= 11 is 3.87. The maximum Gasteiger partial charge on any atom is 0.327 e. The summed E-state index contributed by atoms with van der Waals surface area (Å²) in [5, 5.41) is 25.5. The fourth-order valence-electron chi connectivity index (χ4n) is 2.00. The molecule has 0 aromatic carbocycles. The maximum absolute atomic E-state index is 12.4. The van der Waals surface area contributed by atoms with E-state index in [1.165, 1.54) is 0 Å². The van der Waals surface area contributed by atoms with Crippen LogP contribution in [0.25, 0.3) is 0 Å². The standard InChI is InChI=1S/C16H30N4O6S/c1-7(2)11(17)14(23)18-9(5-21)13(22)20-12(8(3)4)15(24)19-10(6-27)16(25)26/h7-12,21,27H,5-6,17H2,1-4H3,(H,18,23)(H,19,24)(H,20,22)(H,25,26). The number of rotatable bonds is 11. The third kappa shape index (κ3) is 8.14. The molecule has 0 aromatic rings. The molecule has 11 heteroatoms. The quantitative estimate of drug-likeness (QED) is 0.196. The van der Waals surface area contributed by atoms with E-state index in [9.17, 15) is 24.3 Å². The first-order valence-electron chi connectivity index (χ1n) is 8.57. The highest BCUT2D eigenvalue weighted by molar-refractivity contribution is 7.80. The van der Waals surface area contributed by atoms with E-state index in [2.05, 4.69) is 28.6 Å². The van der Waals surface area contributed by atoms with E-state index in [0.717, 1.165) is 0 Å². The van der Waals surface area contributed by atoms with Crippen molar-refractivity contribution in [3.05, 3.63) is 0 Å². The second-order valence-corrected chi connectivity index (χ2v) is 7.19. The molecule has 0 rings (SSSR count). The van der Waals surface area contributed by atoms with Crippen LogP contribution in [0.1, 0.15) is 27.7 Å². The van der Waals surface area contributed by atoms with Crippen molar-refractivity contribution in [3.8, 4) is 0 Å². The third-order valence-corrected chi connectivity index (χ3v) is 4.25. The van der Waals surface area contributed by atoms with Gasteiger partial charge < -0.3 is 31.9 Å². The Morgan fingerprint density at radius 2 is 1.41 bits per heavy atom. The van der Waals surface area contributed by atoms with Gasteiger partial charge in [0.1, 0.15) is 18.1 Å². The highest BCUT2D eigenvalue weighted by Crippen LogP contribution is 2.05. The Morgan fingerprint density at radius 1 is 0.889 bits per heavy atom. The molecule has 4 atom stereocenters. The molecule has 0 saturated heterocycles. The van der Waals surface area contributed by atoms with Gasteiger partial charge in [-0.25, -0.2) is 4.79 Å². The van der Waals surface area contributed by atoms with Crippen molar-refractivity contribution in [1.82, 2.24) is 16.0 Å². The molecule has 0 saturated carbocycles. The zero-order valence-electron chi connectivity index (χ0n) is 15.9. The number of hydrogen-bond donors (Lipinski definition) is 7. The van der Waals surface area contributed by atoms with Gasteiger partial charge in [-0.05, 0) is 11.8 Å². The lowest BCUT2D eigenvalue weighted by Gasteiger charge is -2.26. The van der Waals surface area contributed by atoms with Crippen LogP contribution in [0.15, 0.2) is 0 Å². The van der Waals surface area contributed by atoms with Crippen LogP contribution in [0.5, 0.6) is 0 Å². The molecular weight excluding hydrogens is 376 g/mol. The number of aliphatic hydroxyl groups excluding tert-OH is 1. The molecule has 0 heterocycles. The van der Waals surface area contributed by atoms with Gasteiger partial charge in [0, 0.05) is 5.75 Å². The van der Waals surface area contributed by atoms with E-state index < -0.39 is 54.5 Å². The zero-order valence-corrected chi connectivity index (χ0v) is 16.8. The van der Waals surface area contributed by atoms with Gasteiger partial charge in [0.25, 0.3) is 0 Å². The first-order chi connectivity index (χ1) is 12.5. The van der Waals surface area contributed by atoms with Gasteiger partial charge in [0.15, 0.2) is 0 Å². The molecular formula is C16H30N4O6S. The van der Waals surface area contributed by atoms with Crippen molar-refractivity contribution >= 4 is 36.3 Å². The van der Waals surface area contributed by atoms with Crippen LogP contribution in [-0.2, 0) is 19.2 Å². The summed E-state index contributed by atoms with van der Waals surface area (Å²) in [5.41, 5.74) is 5.71. The molecule has 0 aliphatic carbocycles. The molecule has 3 amide bonds. The molecule has 10 nitrogen and oxygen atoms in total. The van der Waals surface area contributed by atoms with Crippen molar-refractivity contribution in [3.63, 3.8) is 0 Å². The number of amides is 3. The minimum Gasteiger partial charge on any atom is -0.480 e. The summed E-state index contributed by atoms with van der Waals surface area (Å²) in [6.07, 6.45) is 0. The van der Waals surface area contributed by atoms with E-state index in [1.807, 2.05) is 0 Å². The number of aliphatic hydroxyl groups is 1. The molecule has 156 valence electrons. The number of carbonyl (C=O) groups excluding carboxylic acids is 3. The lowest BCUT2D eigenvalue weighted by atomic mass is 10.0. The maximum atomic E-state index is 12.4. The predicted octanol–water partition coefficient (Wildman–Crippen LogP) is -1.91. The molecule has 27 heavy (non-hydrogen) atoms. The van der Waals surface area contributed by atoms with Crippen LogP contribution < -0.4 is 21.7 Å². The number of nitrogens with one attached hydrogen (secondary N) is 3. The first kappa shape index (κ1) is 25.1. The molecule has 4 unspecified atom stereocenters. The van der Waals surface area contributed by atoms with Gasteiger partial charge >= 0.3 is 5.97 Å². The smallest absolute Gasteiger partial charge is 0.327 e. The van der Waals surface area contributed by atoms with E-state index in [0.29, 0.717) is 0 Å². The summed E-state index contributed by atoms with van der Waals surface area (Å²) in [6.45, 7) is 6.09. The average Bonchev–Trinajstić information content (AvgIpc) is 2.59. The normalized spacial score (nSPS) is 15.6. The van der Waals surface area contributed by atoms with Gasteiger partial charge in [-0.3, -0.25) is 14.4 Å². The predicted molar refractivity (Wildman–Crippen MR) is 102 cm³/mol. The third-order valence-electron chi connectivity index (χ3n) is 3.88. The summed E-state index contributed by atoms with van der Waals surface area (Å²) in [7, 11) is 0. The van der Waals surface area contributed by atoms with E-state index >= 15 is 0 Å². The van der Waals surface area contributed by atoms with Crippen LogP contribution in [0, 0.1) is 11.8 Å². The Morgan fingerprint density at radius 3 is 1.78 bits per heavy atom. The zero-order chi connectivity index (χ0) is 21.3. The molecule has 0 fully saturated rings. The molecule has 0 spiro atoms. The minimum absolute atomic E-state index is 0.123. The van der Waals surface area contributed by atoms with E-state index in [-0.39, 0.29) is 17.6 Å². The molecule has 0 aliphatic rings. The van der Waals surface area contributed by atoms with Crippen LogP contribution >= 0.6 is 12.6 Å². The second-order valence-electron chi connectivity index (χ2n) is 6.83. The van der Waals surface area contributed by atoms with E-state index in [1.54, 1.807) is 27.7 Å². The Hall–Kier alpha value is -1.85. The SMILES string of the molecule is CC(C)C(N)C(=O)NC(CO)C(=O)NC(C(=O)NC(CS)C(=O)O)C(C)C. The second kappa shape index (κ2) is 11.8. The van der Waals surface area contributed by atoms with E-state index in [4.69, 9.17) is 10.8 Å². The van der Waals surface area contributed by atoms with Crippen molar-refractivity contribution in [2.24, 2.45) is 17.6 Å². The minimum atomic E-state index is -1.29. The topological polar surface area (TPSA) is 171 Å². The summed E-state index contributed by atoms with van der Waals surface area (Å²) in [5.74, 6) is -4.02. The monoisotopic (exact) mass is 406 g/mol. The number of carboxylic acid groups (broad SMARTS) is 1. The van der Waals surface area contributed by atoms with Crippen molar-refractivity contribution < 1.29 is 29.4 Å². The number of aliphatic carboxylic acids is 1. The lowest BCUT2D eigenvalue weighted by Crippen LogP contribution is -2.59. The highest BCUT2D eigenvalue weighted by atomic mass is 32.1. The number of hydrogen-bond acceptors (Lipinski definition) is 7. The van der Waals surface area contributed by atoms with Crippen LogP contribution in [0.4, 0.5) is 0 Å². The average molecular weight is 407 g/mol. The van der Waals surface area contributed by atoms with Crippen LogP contribution in [-0.4, -0.2) is 70.4 Å². The largest absolute Gasteiger partial charge is 0.480 e. The number of carbonyl (C=O) groups is 4. The first-order valence-corrected chi connectivity index (χ1v) is 9.20. The highest BCUT2D eigenvalue weighted by Gasteiger charge is 2.31. The molecule has 0 radical (unpaired) electrons. The molecule has 0 aliphatic heterocycles. The van der Waals surface area contributed by atoms with Crippen molar-refractivity contribution in [1.29, 1.82) is 0 Å². The molecule has 7 N–H and O–H groups in total. The summed E-state index contributed by atoms with van der Waals surface area (Å²) in [4.78, 5) is 47.7. The van der Waals surface area contributed by atoms with Gasteiger partial charge in [0.2, 0.25) is 17.7 Å². The van der Waals surface area contributed by atoms with Gasteiger partial charge in [-0.2, -0.15) is 12.6 Å². The summed E-state index contributed by atoms with van der Waals surface area (Å²) < 4.78 is 0. The Bertz CT molecular complexity index is 543. The van der Waals surface area contributed by atoms with Gasteiger partial charge in [-0.1, -0.05) is 27.7 Å². The van der Waals surface area contributed by atoms with Crippen molar-refractivity contribution in [2.75, 3.05) is 12.4 Å². The Balaban J connectivity index is 5.10. The number of thiol groups is 1. The number of nitrogens with two attached hydrogens (primary N) is 1. The van der Waals surface area contributed by atoms with Crippen LogP contribution in [0.3, 0.4) is 0 Å².